The lowest BCUT2D eigenvalue weighted by Gasteiger charge is -2.33. The minimum absolute atomic E-state index is 0.0206. The highest BCUT2D eigenvalue weighted by Gasteiger charge is 2.35. The van der Waals surface area contributed by atoms with Crippen molar-refractivity contribution in [3.63, 3.8) is 0 Å². The van der Waals surface area contributed by atoms with Crippen molar-refractivity contribution in [2.45, 2.75) is 45.6 Å². The van der Waals surface area contributed by atoms with Crippen LogP contribution in [0.1, 0.15) is 47.3 Å². The first-order chi connectivity index (χ1) is 12.5. The van der Waals surface area contributed by atoms with Crippen molar-refractivity contribution < 1.29 is 9.59 Å². The van der Waals surface area contributed by atoms with Crippen molar-refractivity contribution in [1.29, 1.82) is 0 Å². The molecule has 1 atom stereocenters. The number of piperidine rings is 1. The quantitative estimate of drug-likeness (QED) is 0.925. The number of nitrogens with zero attached hydrogens (tertiary/aromatic N) is 2. The largest absolute Gasteiger partial charge is 0.348 e. The van der Waals surface area contributed by atoms with E-state index in [1.807, 2.05) is 43.0 Å². The molecule has 5 heteroatoms. The molecular formula is C21H25N3O2. The van der Waals surface area contributed by atoms with Gasteiger partial charge in [-0.1, -0.05) is 11.6 Å². The van der Waals surface area contributed by atoms with Gasteiger partial charge >= 0.3 is 0 Å². The first-order valence-corrected chi connectivity index (χ1v) is 9.49. The molecule has 1 saturated carbocycles. The Kier molecular flexibility index (Phi) is 4.39. The number of aryl methyl sites for hydroxylation is 2. The Balaban J connectivity index is 1.53. The highest BCUT2D eigenvalue weighted by molar-refractivity contribution is 6.06. The molecule has 1 N–H and O–H groups in total. The number of carbonyl (C=O) groups is 2. The molecular weight excluding hydrogens is 326 g/mol. The predicted molar refractivity (Wildman–Crippen MR) is 101 cm³/mol. The molecule has 0 radical (unpaired) electrons. The highest BCUT2D eigenvalue weighted by atomic mass is 16.2. The van der Waals surface area contributed by atoms with Crippen LogP contribution in [0.4, 0.5) is 0 Å². The standard InChI is InChI=1S/C21H25N3O2/c1-13-5-8-19-17(10-13)18(11-14(2)22-19)20(25)23-16-4-3-9-24(12-16)21(26)15-6-7-15/h5,8,10-11,15-16H,3-4,6-7,9,12H2,1-2H3,(H,23,25)/t16-/m0/s1. The number of carbonyl (C=O) groups excluding carboxylic acids is 2. The van der Waals surface area contributed by atoms with E-state index < -0.39 is 0 Å². The van der Waals surface area contributed by atoms with Crippen LogP contribution in [0.2, 0.25) is 0 Å². The second-order valence-electron chi connectivity index (χ2n) is 7.70. The molecule has 2 fully saturated rings. The second kappa shape index (κ2) is 6.71. The van der Waals surface area contributed by atoms with Gasteiger partial charge in [-0.2, -0.15) is 0 Å². The van der Waals surface area contributed by atoms with E-state index in [-0.39, 0.29) is 23.8 Å². The Morgan fingerprint density at radius 2 is 1.96 bits per heavy atom. The van der Waals surface area contributed by atoms with Gasteiger partial charge in [0.2, 0.25) is 5.91 Å². The summed E-state index contributed by atoms with van der Waals surface area (Å²) in [5, 5.41) is 4.04. The van der Waals surface area contributed by atoms with Gasteiger partial charge in [0.15, 0.2) is 0 Å². The van der Waals surface area contributed by atoms with Gasteiger partial charge < -0.3 is 10.2 Å². The fraction of sp³-hybridized carbons (Fsp3) is 0.476. The molecule has 1 aromatic carbocycles. The third kappa shape index (κ3) is 3.43. The molecule has 26 heavy (non-hydrogen) atoms. The number of amides is 2. The van der Waals surface area contributed by atoms with Crippen molar-refractivity contribution in [1.82, 2.24) is 15.2 Å². The van der Waals surface area contributed by atoms with Gasteiger partial charge in [-0.3, -0.25) is 14.6 Å². The average Bonchev–Trinajstić information content (AvgIpc) is 3.46. The molecule has 2 heterocycles. The van der Waals surface area contributed by atoms with E-state index in [0.29, 0.717) is 12.1 Å². The summed E-state index contributed by atoms with van der Waals surface area (Å²) in [5.41, 5.74) is 3.45. The number of rotatable bonds is 3. The van der Waals surface area contributed by atoms with E-state index in [0.717, 1.165) is 54.4 Å². The Morgan fingerprint density at radius 3 is 2.73 bits per heavy atom. The van der Waals surface area contributed by atoms with Crippen LogP contribution in [-0.2, 0) is 4.79 Å². The van der Waals surface area contributed by atoms with Crippen LogP contribution in [0.15, 0.2) is 24.3 Å². The molecule has 5 nitrogen and oxygen atoms in total. The van der Waals surface area contributed by atoms with E-state index in [1.54, 1.807) is 0 Å². The third-order valence-electron chi connectivity index (χ3n) is 5.33. The van der Waals surface area contributed by atoms with Gasteiger partial charge in [0, 0.05) is 36.1 Å². The van der Waals surface area contributed by atoms with Crippen molar-refractivity contribution in [3.8, 4) is 0 Å². The maximum Gasteiger partial charge on any atom is 0.252 e. The summed E-state index contributed by atoms with van der Waals surface area (Å²) in [7, 11) is 0. The molecule has 2 aromatic rings. The molecule has 1 aromatic heterocycles. The van der Waals surface area contributed by atoms with Gasteiger partial charge in [-0.15, -0.1) is 0 Å². The smallest absolute Gasteiger partial charge is 0.252 e. The lowest BCUT2D eigenvalue weighted by Crippen LogP contribution is -2.50. The van der Waals surface area contributed by atoms with E-state index in [4.69, 9.17) is 0 Å². The van der Waals surface area contributed by atoms with Gasteiger partial charge in [0.25, 0.3) is 5.91 Å². The zero-order chi connectivity index (χ0) is 18.3. The molecule has 1 aliphatic heterocycles. The first kappa shape index (κ1) is 17.0. The number of nitrogens with one attached hydrogen (secondary N) is 1. The monoisotopic (exact) mass is 351 g/mol. The van der Waals surface area contributed by atoms with Crippen LogP contribution in [0, 0.1) is 19.8 Å². The Hall–Kier alpha value is -2.43. The van der Waals surface area contributed by atoms with E-state index in [2.05, 4.69) is 10.3 Å². The summed E-state index contributed by atoms with van der Waals surface area (Å²) in [5.74, 6) is 0.431. The SMILES string of the molecule is Cc1ccc2nc(C)cc(C(=O)N[C@H]3CCCN(C(=O)C4CC4)C3)c2c1. The Labute approximate surface area is 153 Å². The van der Waals surface area contributed by atoms with Gasteiger partial charge in [-0.05, 0) is 57.7 Å². The van der Waals surface area contributed by atoms with Crippen molar-refractivity contribution >= 4 is 22.7 Å². The summed E-state index contributed by atoms with van der Waals surface area (Å²) < 4.78 is 0. The number of pyridine rings is 1. The fourth-order valence-corrected chi connectivity index (χ4v) is 3.81. The van der Waals surface area contributed by atoms with Gasteiger partial charge in [-0.25, -0.2) is 0 Å². The van der Waals surface area contributed by atoms with Crippen molar-refractivity contribution in [3.05, 3.63) is 41.1 Å². The van der Waals surface area contributed by atoms with Crippen LogP contribution in [-0.4, -0.2) is 40.8 Å². The lowest BCUT2D eigenvalue weighted by molar-refractivity contribution is -0.133. The summed E-state index contributed by atoms with van der Waals surface area (Å²) >= 11 is 0. The first-order valence-electron chi connectivity index (χ1n) is 9.49. The Bertz CT molecular complexity index is 873. The molecule has 2 amide bonds. The van der Waals surface area contributed by atoms with Crippen LogP contribution < -0.4 is 5.32 Å². The second-order valence-corrected chi connectivity index (χ2v) is 7.70. The molecule has 2 aliphatic rings. The minimum atomic E-state index is -0.0724. The average molecular weight is 351 g/mol. The van der Waals surface area contributed by atoms with Gasteiger partial charge in [0.05, 0.1) is 11.1 Å². The van der Waals surface area contributed by atoms with E-state index in [9.17, 15) is 9.59 Å². The highest BCUT2D eigenvalue weighted by Crippen LogP contribution is 2.32. The summed E-state index contributed by atoms with van der Waals surface area (Å²) in [6.07, 6.45) is 3.90. The molecule has 1 aliphatic carbocycles. The molecule has 4 rings (SSSR count). The molecule has 0 spiro atoms. The summed E-state index contributed by atoms with van der Waals surface area (Å²) in [6.45, 7) is 5.37. The predicted octanol–water partition coefficient (Wildman–Crippen LogP) is 2.98. The summed E-state index contributed by atoms with van der Waals surface area (Å²) in [6, 6.07) is 7.87. The maximum absolute atomic E-state index is 13.0. The fourth-order valence-electron chi connectivity index (χ4n) is 3.81. The van der Waals surface area contributed by atoms with Crippen LogP contribution in [0.5, 0.6) is 0 Å². The lowest BCUT2D eigenvalue weighted by atomic mass is 10.0. The topological polar surface area (TPSA) is 62.3 Å². The normalized spacial score (nSPS) is 20.2. The Morgan fingerprint density at radius 1 is 1.15 bits per heavy atom. The molecule has 0 bridgehead atoms. The van der Waals surface area contributed by atoms with Crippen LogP contribution >= 0.6 is 0 Å². The number of benzene rings is 1. The number of likely N-dealkylation sites (tertiary alicyclic amines) is 1. The number of hydrogen-bond donors (Lipinski definition) is 1. The number of aromatic nitrogens is 1. The molecule has 136 valence electrons. The van der Waals surface area contributed by atoms with Crippen molar-refractivity contribution in [2.75, 3.05) is 13.1 Å². The summed E-state index contributed by atoms with van der Waals surface area (Å²) in [4.78, 5) is 31.8. The third-order valence-corrected chi connectivity index (χ3v) is 5.33. The zero-order valence-electron chi connectivity index (χ0n) is 15.4. The maximum atomic E-state index is 13.0. The van der Waals surface area contributed by atoms with Crippen molar-refractivity contribution in [2.24, 2.45) is 5.92 Å². The van der Waals surface area contributed by atoms with Gasteiger partial charge in [0.1, 0.15) is 0 Å². The number of fused-ring (bicyclic) bond motifs is 1. The number of hydrogen-bond acceptors (Lipinski definition) is 3. The van der Waals surface area contributed by atoms with E-state index in [1.165, 1.54) is 0 Å². The minimum Gasteiger partial charge on any atom is -0.348 e. The zero-order valence-corrected chi connectivity index (χ0v) is 15.4. The molecule has 0 unspecified atom stereocenters. The van der Waals surface area contributed by atoms with Crippen LogP contribution in [0.25, 0.3) is 10.9 Å². The van der Waals surface area contributed by atoms with E-state index >= 15 is 0 Å². The van der Waals surface area contributed by atoms with Crippen LogP contribution in [0.3, 0.4) is 0 Å². The molecule has 1 saturated heterocycles.